The Labute approximate surface area is 114 Å². The van der Waals surface area contributed by atoms with Gasteiger partial charge in [-0.1, -0.05) is 0 Å². The Balaban J connectivity index is 2.13. The second kappa shape index (κ2) is 5.70. The van der Waals surface area contributed by atoms with Crippen LogP contribution in [0, 0.1) is 0 Å². The van der Waals surface area contributed by atoms with Crippen molar-refractivity contribution in [2.24, 2.45) is 0 Å². The van der Waals surface area contributed by atoms with E-state index in [2.05, 4.69) is 10.6 Å². The number of halogens is 3. The second-order valence-corrected chi connectivity index (χ2v) is 4.58. The summed E-state index contributed by atoms with van der Waals surface area (Å²) in [4.78, 5) is 11.8. The zero-order chi connectivity index (χ0) is 14.8. The van der Waals surface area contributed by atoms with Gasteiger partial charge in [0.15, 0.2) is 0 Å². The average Bonchev–Trinajstić information content (AvgIpc) is 2.38. The molecule has 1 heterocycles. The van der Waals surface area contributed by atoms with E-state index in [0.29, 0.717) is 25.1 Å². The van der Waals surface area contributed by atoms with E-state index < -0.39 is 17.8 Å². The number of amides is 1. The summed E-state index contributed by atoms with van der Waals surface area (Å²) < 4.78 is 42.7. The molecule has 0 bridgehead atoms. The van der Waals surface area contributed by atoms with Crippen molar-refractivity contribution >= 4 is 17.3 Å². The van der Waals surface area contributed by atoms with Crippen LogP contribution in [0.1, 0.15) is 18.4 Å². The number of anilines is 2. The van der Waals surface area contributed by atoms with Crippen LogP contribution in [0.4, 0.5) is 24.5 Å². The minimum absolute atomic E-state index is 0.160. The fourth-order valence-electron chi connectivity index (χ4n) is 2.06. The lowest BCUT2D eigenvalue weighted by molar-refractivity contribution is -0.137. The number of hydrogen-bond donors (Lipinski definition) is 2. The minimum atomic E-state index is -4.42. The predicted octanol–water partition coefficient (Wildman–Crippen LogP) is 2.86. The number of alkyl halides is 3. The number of rotatable bonds is 4. The molecule has 0 aliphatic carbocycles. The van der Waals surface area contributed by atoms with E-state index in [1.54, 1.807) is 7.11 Å². The van der Waals surface area contributed by atoms with Gasteiger partial charge >= 0.3 is 6.18 Å². The van der Waals surface area contributed by atoms with Gasteiger partial charge in [0.05, 0.1) is 16.9 Å². The number of carbonyl (C=O) groups is 1. The number of hydrogen-bond acceptors (Lipinski definition) is 3. The molecule has 1 aliphatic heterocycles. The molecule has 1 unspecified atom stereocenters. The van der Waals surface area contributed by atoms with Crippen LogP contribution in [0.2, 0.25) is 0 Å². The minimum Gasteiger partial charge on any atom is -0.385 e. The Morgan fingerprint density at radius 2 is 2.05 bits per heavy atom. The summed E-state index contributed by atoms with van der Waals surface area (Å²) in [6.45, 7) is 0.533. The first-order chi connectivity index (χ1) is 9.41. The Bertz CT molecular complexity index is 503. The summed E-state index contributed by atoms with van der Waals surface area (Å²) in [5.74, 6) is -0.326. The molecule has 1 aromatic rings. The van der Waals surface area contributed by atoms with Gasteiger partial charge in [-0.2, -0.15) is 13.2 Å². The Kier molecular flexibility index (Phi) is 4.17. The number of fused-ring (bicyclic) bond motifs is 1. The van der Waals surface area contributed by atoms with Crippen LogP contribution in [0.3, 0.4) is 0 Å². The molecular weight excluding hydrogens is 273 g/mol. The molecule has 0 aromatic heterocycles. The normalized spacial score (nSPS) is 18.2. The molecule has 2 N–H and O–H groups in total. The van der Waals surface area contributed by atoms with Crippen molar-refractivity contribution in [2.45, 2.75) is 25.1 Å². The molecule has 0 saturated heterocycles. The van der Waals surface area contributed by atoms with Crippen LogP contribution in [-0.2, 0) is 15.7 Å². The maximum atomic E-state index is 12.6. The molecule has 4 nitrogen and oxygen atoms in total. The molecule has 1 amide bonds. The molecule has 2 rings (SSSR count). The highest BCUT2D eigenvalue weighted by Gasteiger charge is 2.33. The van der Waals surface area contributed by atoms with Crippen LogP contribution < -0.4 is 10.6 Å². The van der Waals surface area contributed by atoms with Crippen molar-refractivity contribution in [1.29, 1.82) is 0 Å². The van der Waals surface area contributed by atoms with Gasteiger partial charge in [-0.25, -0.2) is 0 Å². The van der Waals surface area contributed by atoms with E-state index in [9.17, 15) is 18.0 Å². The van der Waals surface area contributed by atoms with Gasteiger partial charge in [0, 0.05) is 13.7 Å². The zero-order valence-electron chi connectivity index (χ0n) is 10.9. The standard InChI is InChI=1S/C13H15F3N2O2/c1-20-6-2-3-10-12(19)18-11-7-8(13(14,15)16)4-5-9(11)17-10/h4-5,7,10,17H,2-3,6H2,1H3,(H,18,19). The van der Waals surface area contributed by atoms with Gasteiger partial charge < -0.3 is 15.4 Å². The molecule has 20 heavy (non-hydrogen) atoms. The number of methoxy groups -OCH3 is 1. The monoisotopic (exact) mass is 288 g/mol. The Hall–Kier alpha value is -1.76. The quantitative estimate of drug-likeness (QED) is 0.838. The third-order valence-electron chi connectivity index (χ3n) is 3.09. The zero-order valence-corrected chi connectivity index (χ0v) is 10.9. The van der Waals surface area contributed by atoms with Crippen LogP contribution in [-0.4, -0.2) is 25.7 Å². The van der Waals surface area contributed by atoms with E-state index in [1.165, 1.54) is 6.07 Å². The van der Waals surface area contributed by atoms with Crippen LogP contribution in [0.25, 0.3) is 0 Å². The Morgan fingerprint density at radius 1 is 1.30 bits per heavy atom. The average molecular weight is 288 g/mol. The van der Waals surface area contributed by atoms with Crippen molar-refractivity contribution in [3.05, 3.63) is 23.8 Å². The van der Waals surface area contributed by atoms with Crippen molar-refractivity contribution in [2.75, 3.05) is 24.4 Å². The summed E-state index contributed by atoms with van der Waals surface area (Å²) in [6.07, 6.45) is -3.17. The van der Waals surface area contributed by atoms with Crippen molar-refractivity contribution < 1.29 is 22.7 Å². The Morgan fingerprint density at radius 3 is 2.70 bits per heavy atom. The van der Waals surface area contributed by atoms with E-state index in [-0.39, 0.29) is 11.6 Å². The van der Waals surface area contributed by atoms with Gasteiger partial charge in [0.2, 0.25) is 5.91 Å². The lowest BCUT2D eigenvalue weighted by Crippen LogP contribution is -2.39. The SMILES string of the molecule is COCCCC1Nc2ccc(C(F)(F)F)cc2NC1=O. The molecule has 7 heteroatoms. The number of benzene rings is 1. The molecule has 0 spiro atoms. The fraction of sp³-hybridized carbons (Fsp3) is 0.462. The molecule has 1 aliphatic rings. The van der Waals surface area contributed by atoms with Gasteiger partial charge in [-0.15, -0.1) is 0 Å². The van der Waals surface area contributed by atoms with Gasteiger partial charge in [0.1, 0.15) is 6.04 Å². The number of nitrogens with one attached hydrogen (secondary N) is 2. The van der Waals surface area contributed by atoms with Gasteiger partial charge in [-0.05, 0) is 31.0 Å². The van der Waals surface area contributed by atoms with Crippen LogP contribution >= 0.6 is 0 Å². The summed E-state index contributed by atoms with van der Waals surface area (Å²) in [6, 6.07) is 2.82. The molecule has 0 fully saturated rings. The highest BCUT2D eigenvalue weighted by molar-refractivity contribution is 6.03. The van der Waals surface area contributed by atoms with E-state index in [1.807, 2.05) is 0 Å². The first-order valence-corrected chi connectivity index (χ1v) is 6.19. The maximum Gasteiger partial charge on any atom is 0.416 e. The first kappa shape index (κ1) is 14.6. The van der Waals surface area contributed by atoms with E-state index in [0.717, 1.165) is 12.1 Å². The molecular formula is C13H15F3N2O2. The topological polar surface area (TPSA) is 50.4 Å². The molecule has 1 atom stereocenters. The predicted molar refractivity (Wildman–Crippen MR) is 68.6 cm³/mol. The van der Waals surface area contributed by atoms with Gasteiger partial charge in [0.25, 0.3) is 0 Å². The lowest BCUT2D eigenvalue weighted by Gasteiger charge is -2.27. The first-order valence-electron chi connectivity index (χ1n) is 6.19. The summed E-state index contributed by atoms with van der Waals surface area (Å²) in [5, 5.41) is 5.46. The summed E-state index contributed by atoms with van der Waals surface area (Å²) >= 11 is 0. The summed E-state index contributed by atoms with van der Waals surface area (Å²) in [5.41, 5.74) is -0.121. The van der Waals surface area contributed by atoms with Crippen molar-refractivity contribution in [3.63, 3.8) is 0 Å². The highest BCUT2D eigenvalue weighted by Crippen LogP contribution is 2.35. The molecule has 0 saturated carbocycles. The van der Waals surface area contributed by atoms with Crippen molar-refractivity contribution in [1.82, 2.24) is 0 Å². The second-order valence-electron chi connectivity index (χ2n) is 4.58. The van der Waals surface area contributed by atoms with E-state index in [4.69, 9.17) is 4.74 Å². The largest absolute Gasteiger partial charge is 0.416 e. The maximum absolute atomic E-state index is 12.6. The molecule has 0 radical (unpaired) electrons. The number of carbonyl (C=O) groups excluding carboxylic acids is 1. The molecule has 1 aromatic carbocycles. The highest BCUT2D eigenvalue weighted by atomic mass is 19.4. The fourth-order valence-corrected chi connectivity index (χ4v) is 2.06. The number of ether oxygens (including phenoxy) is 1. The van der Waals surface area contributed by atoms with E-state index >= 15 is 0 Å². The summed E-state index contributed by atoms with van der Waals surface area (Å²) in [7, 11) is 1.57. The smallest absolute Gasteiger partial charge is 0.385 e. The van der Waals surface area contributed by atoms with Gasteiger partial charge in [-0.3, -0.25) is 4.79 Å². The van der Waals surface area contributed by atoms with Crippen molar-refractivity contribution in [3.8, 4) is 0 Å². The van der Waals surface area contributed by atoms with Crippen LogP contribution in [0.5, 0.6) is 0 Å². The molecule has 110 valence electrons. The van der Waals surface area contributed by atoms with Crippen LogP contribution in [0.15, 0.2) is 18.2 Å². The lowest BCUT2D eigenvalue weighted by atomic mass is 10.0. The third-order valence-corrected chi connectivity index (χ3v) is 3.09. The third kappa shape index (κ3) is 3.22.